The molecule has 0 radical (unpaired) electrons. The monoisotopic (exact) mass is 279 g/mol. The van der Waals surface area contributed by atoms with Crippen LogP contribution < -0.4 is 10.6 Å². The molecule has 1 aromatic rings. The van der Waals surface area contributed by atoms with Crippen LogP contribution in [0.15, 0.2) is 18.2 Å². The summed E-state index contributed by atoms with van der Waals surface area (Å²) in [6.45, 7) is 7.50. The Kier molecular flexibility index (Phi) is 4.79. The van der Waals surface area contributed by atoms with E-state index in [9.17, 15) is 4.79 Å². The molecule has 0 aromatic heterocycles. The van der Waals surface area contributed by atoms with Crippen molar-refractivity contribution in [2.75, 3.05) is 5.32 Å². The largest absolute Gasteiger partial charge is 0.373 e. The van der Waals surface area contributed by atoms with Gasteiger partial charge in [-0.1, -0.05) is 11.6 Å². The van der Waals surface area contributed by atoms with Crippen LogP contribution >= 0.6 is 11.6 Å². The number of nitrogens with one attached hydrogen (secondary N) is 2. The molecule has 0 saturated carbocycles. The van der Waals surface area contributed by atoms with Crippen molar-refractivity contribution in [2.45, 2.75) is 39.3 Å². The molecule has 2 N–H and O–H groups in total. The first-order valence-electron chi connectivity index (χ1n) is 6.01. The number of carbonyl (C=O) groups is 1. The van der Waals surface area contributed by atoms with Crippen molar-refractivity contribution in [3.8, 4) is 6.07 Å². The van der Waals surface area contributed by atoms with Crippen LogP contribution in [0.5, 0.6) is 0 Å². The minimum Gasteiger partial charge on any atom is -0.373 e. The molecule has 0 spiro atoms. The van der Waals surface area contributed by atoms with Gasteiger partial charge in [0.25, 0.3) is 0 Å². The Labute approximate surface area is 118 Å². The molecular formula is C14H18ClN3O. The SMILES string of the molecule is CC(Nc1cc(C#N)ccc1Cl)C(=O)NC(C)(C)C. The standard InChI is InChI=1S/C14H18ClN3O/c1-9(13(19)18-14(2,3)4)17-12-7-10(8-16)5-6-11(12)15/h5-7,9,17H,1-4H3,(H,18,19). The molecule has 1 rings (SSSR count). The Hall–Kier alpha value is -1.73. The van der Waals surface area contributed by atoms with Crippen LogP contribution in [0.1, 0.15) is 33.3 Å². The number of halogens is 1. The summed E-state index contributed by atoms with van der Waals surface area (Å²) in [7, 11) is 0. The second kappa shape index (κ2) is 5.94. The molecule has 0 saturated heterocycles. The fourth-order valence-corrected chi connectivity index (χ4v) is 1.65. The lowest BCUT2D eigenvalue weighted by Gasteiger charge is -2.24. The van der Waals surface area contributed by atoms with E-state index in [-0.39, 0.29) is 11.4 Å². The molecule has 5 heteroatoms. The summed E-state index contributed by atoms with van der Waals surface area (Å²) in [4.78, 5) is 11.9. The van der Waals surface area contributed by atoms with Gasteiger partial charge in [-0.3, -0.25) is 4.79 Å². The maximum Gasteiger partial charge on any atom is 0.242 e. The zero-order chi connectivity index (χ0) is 14.6. The number of hydrogen-bond donors (Lipinski definition) is 2. The number of carbonyl (C=O) groups excluding carboxylic acids is 1. The van der Waals surface area contributed by atoms with Gasteiger partial charge in [-0.25, -0.2) is 0 Å². The molecule has 0 aliphatic heterocycles. The van der Waals surface area contributed by atoms with Gasteiger partial charge in [0.1, 0.15) is 6.04 Å². The van der Waals surface area contributed by atoms with Crippen LogP contribution in [0.3, 0.4) is 0 Å². The average molecular weight is 280 g/mol. The zero-order valence-corrected chi connectivity index (χ0v) is 12.3. The van der Waals surface area contributed by atoms with Gasteiger partial charge in [0, 0.05) is 5.54 Å². The highest BCUT2D eigenvalue weighted by Gasteiger charge is 2.19. The minimum atomic E-state index is -0.439. The fraction of sp³-hybridized carbons (Fsp3) is 0.429. The van der Waals surface area contributed by atoms with E-state index in [1.165, 1.54) is 0 Å². The Morgan fingerprint density at radius 3 is 2.58 bits per heavy atom. The Balaban J connectivity index is 2.80. The lowest BCUT2D eigenvalue weighted by atomic mass is 10.1. The van der Waals surface area contributed by atoms with E-state index in [4.69, 9.17) is 16.9 Å². The summed E-state index contributed by atoms with van der Waals surface area (Å²) < 4.78 is 0. The molecule has 0 fully saturated rings. The van der Waals surface area contributed by atoms with Crippen molar-refractivity contribution in [2.24, 2.45) is 0 Å². The van der Waals surface area contributed by atoms with Gasteiger partial charge in [-0.2, -0.15) is 5.26 Å². The summed E-state index contributed by atoms with van der Waals surface area (Å²) in [5, 5.41) is 15.2. The van der Waals surface area contributed by atoms with E-state index in [1.807, 2.05) is 26.8 Å². The third-order valence-electron chi connectivity index (χ3n) is 2.36. The maximum atomic E-state index is 11.9. The number of nitriles is 1. The third kappa shape index (κ3) is 4.80. The number of nitrogens with zero attached hydrogens (tertiary/aromatic N) is 1. The van der Waals surface area contributed by atoms with Crippen LogP contribution in [-0.4, -0.2) is 17.5 Å². The lowest BCUT2D eigenvalue weighted by Crippen LogP contribution is -2.47. The third-order valence-corrected chi connectivity index (χ3v) is 2.69. The van der Waals surface area contributed by atoms with Gasteiger partial charge < -0.3 is 10.6 Å². The maximum absolute atomic E-state index is 11.9. The predicted octanol–water partition coefficient (Wildman–Crippen LogP) is 2.93. The topological polar surface area (TPSA) is 64.9 Å². The smallest absolute Gasteiger partial charge is 0.242 e. The molecule has 0 aliphatic rings. The molecular weight excluding hydrogens is 262 g/mol. The van der Waals surface area contributed by atoms with Crippen molar-refractivity contribution >= 4 is 23.2 Å². The van der Waals surface area contributed by atoms with Crippen LogP contribution in [0, 0.1) is 11.3 Å². The molecule has 0 bridgehead atoms. The highest BCUT2D eigenvalue weighted by atomic mass is 35.5. The predicted molar refractivity (Wildman–Crippen MR) is 77.1 cm³/mol. The van der Waals surface area contributed by atoms with Crippen molar-refractivity contribution in [1.29, 1.82) is 5.26 Å². The lowest BCUT2D eigenvalue weighted by molar-refractivity contribution is -0.122. The summed E-state index contributed by atoms with van der Waals surface area (Å²) in [5.41, 5.74) is 0.790. The number of amides is 1. The van der Waals surface area contributed by atoms with Crippen LogP contribution in [0.2, 0.25) is 5.02 Å². The molecule has 1 amide bonds. The van der Waals surface area contributed by atoms with Gasteiger partial charge in [0.15, 0.2) is 0 Å². The Morgan fingerprint density at radius 2 is 2.05 bits per heavy atom. The first-order chi connectivity index (χ1) is 8.73. The van der Waals surface area contributed by atoms with E-state index >= 15 is 0 Å². The quantitative estimate of drug-likeness (QED) is 0.894. The molecule has 0 heterocycles. The molecule has 0 aliphatic carbocycles. The first kappa shape index (κ1) is 15.3. The van der Waals surface area contributed by atoms with Gasteiger partial charge in [0.2, 0.25) is 5.91 Å². The van der Waals surface area contributed by atoms with E-state index < -0.39 is 6.04 Å². The van der Waals surface area contributed by atoms with Crippen LogP contribution in [0.25, 0.3) is 0 Å². The van der Waals surface area contributed by atoms with Crippen LogP contribution in [-0.2, 0) is 4.79 Å². The second-order valence-electron chi connectivity index (χ2n) is 5.41. The zero-order valence-electron chi connectivity index (χ0n) is 11.5. The van der Waals surface area contributed by atoms with Crippen LogP contribution in [0.4, 0.5) is 5.69 Å². The van der Waals surface area contributed by atoms with E-state index in [0.717, 1.165) is 0 Å². The highest BCUT2D eigenvalue weighted by Crippen LogP contribution is 2.23. The van der Waals surface area contributed by atoms with Gasteiger partial charge >= 0.3 is 0 Å². The second-order valence-corrected chi connectivity index (χ2v) is 5.82. The normalized spacial score (nSPS) is 12.4. The Morgan fingerprint density at radius 1 is 1.42 bits per heavy atom. The van der Waals surface area contributed by atoms with Gasteiger partial charge in [-0.05, 0) is 45.9 Å². The molecule has 19 heavy (non-hydrogen) atoms. The highest BCUT2D eigenvalue weighted by molar-refractivity contribution is 6.33. The fourth-order valence-electron chi connectivity index (χ4n) is 1.48. The number of rotatable bonds is 3. The van der Waals surface area contributed by atoms with E-state index in [2.05, 4.69) is 10.6 Å². The first-order valence-corrected chi connectivity index (χ1v) is 6.39. The van der Waals surface area contributed by atoms with Crippen molar-refractivity contribution in [1.82, 2.24) is 5.32 Å². The summed E-state index contributed by atoms with van der Waals surface area (Å²) in [5.74, 6) is -0.120. The molecule has 1 unspecified atom stereocenters. The van der Waals surface area contributed by atoms with Gasteiger partial charge in [0.05, 0.1) is 22.3 Å². The van der Waals surface area contributed by atoms with Crippen molar-refractivity contribution in [3.63, 3.8) is 0 Å². The average Bonchev–Trinajstić information content (AvgIpc) is 2.29. The summed E-state index contributed by atoms with van der Waals surface area (Å²) >= 11 is 6.03. The van der Waals surface area contributed by atoms with Crippen molar-refractivity contribution < 1.29 is 4.79 Å². The molecule has 4 nitrogen and oxygen atoms in total. The number of hydrogen-bond acceptors (Lipinski definition) is 3. The Bertz CT molecular complexity index is 514. The summed E-state index contributed by atoms with van der Waals surface area (Å²) in [6.07, 6.45) is 0. The number of benzene rings is 1. The number of anilines is 1. The van der Waals surface area contributed by atoms with E-state index in [0.29, 0.717) is 16.3 Å². The molecule has 1 aromatic carbocycles. The molecule has 102 valence electrons. The van der Waals surface area contributed by atoms with E-state index in [1.54, 1.807) is 25.1 Å². The van der Waals surface area contributed by atoms with Gasteiger partial charge in [-0.15, -0.1) is 0 Å². The molecule has 1 atom stereocenters. The summed E-state index contributed by atoms with van der Waals surface area (Å²) in [6, 6.07) is 6.49. The van der Waals surface area contributed by atoms with Crippen molar-refractivity contribution in [3.05, 3.63) is 28.8 Å². The minimum absolute atomic E-state index is 0.120.